The molecule has 6 heteroatoms. The van der Waals surface area contributed by atoms with E-state index >= 15 is 0 Å². The molecule has 1 aromatic carbocycles. The summed E-state index contributed by atoms with van der Waals surface area (Å²) in [5.74, 6) is 0.937. The van der Waals surface area contributed by atoms with Crippen molar-refractivity contribution >= 4 is 5.69 Å². The summed E-state index contributed by atoms with van der Waals surface area (Å²) >= 11 is 0. The van der Waals surface area contributed by atoms with Crippen LogP contribution in [0.25, 0.3) is 0 Å². The van der Waals surface area contributed by atoms with Gasteiger partial charge in [-0.3, -0.25) is 4.90 Å². The maximum atomic E-state index is 12.9. The van der Waals surface area contributed by atoms with Crippen LogP contribution in [0.4, 0.5) is 18.9 Å². The minimum atomic E-state index is -4.27. The summed E-state index contributed by atoms with van der Waals surface area (Å²) in [4.78, 5) is 7.28. The van der Waals surface area contributed by atoms with E-state index < -0.39 is 11.7 Å². The number of benzene rings is 1. The van der Waals surface area contributed by atoms with E-state index in [0.29, 0.717) is 11.7 Å². The monoisotopic (exact) mass is 367 g/mol. The molecule has 0 radical (unpaired) electrons. The van der Waals surface area contributed by atoms with Crippen LogP contribution in [0.5, 0.6) is 0 Å². The Morgan fingerprint density at radius 1 is 0.962 bits per heavy atom. The molecule has 144 valence electrons. The molecule has 3 aliphatic rings. The Balaban J connectivity index is 1.32. The van der Waals surface area contributed by atoms with Crippen LogP contribution in [0.15, 0.2) is 24.3 Å². The molecule has 1 aromatic rings. The Morgan fingerprint density at radius 3 is 2.42 bits per heavy atom. The van der Waals surface area contributed by atoms with Crippen LogP contribution >= 0.6 is 0 Å². The fourth-order valence-electron chi connectivity index (χ4n) is 4.38. The van der Waals surface area contributed by atoms with Gasteiger partial charge in [-0.15, -0.1) is 0 Å². The summed E-state index contributed by atoms with van der Waals surface area (Å²) < 4.78 is 38.8. The fourth-order valence-corrected chi connectivity index (χ4v) is 4.38. The van der Waals surface area contributed by atoms with E-state index in [1.54, 1.807) is 6.07 Å². The normalized spacial score (nSPS) is 26.3. The van der Waals surface area contributed by atoms with E-state index in [9.17, 15) is 13.2 Å². The molecule has 0 amide bonds. The Kier molecular flexibility index (Phi) is 5.15. The first kappa shape index (κ1) is 18.1. The summed E-state index contributed by atoms with van der Waals surface area (Å²) in [6.45, 7) is 7.16. The van der Waals surface area contributed by atoms with Gasteiger partial charge in [0, 0.05) is 51.0 Å². The lowest BCUT2D eigenvalue weighted by Gasteiger charge is -2.44. The molecule has 4 rings (SSSR count). The zero-order valence-corrected chi connectivity index (χ0v) is 15.2. The Hall–Kier alpha value is -1.27. The van der Waals surface area contributed by atoms with E-state index in [0.717, 1.165) is 38.2 Å². The van der Waals surface area contributed by atoms with Crippen LogP contribution in [-0.2, 0) is 6.18 Å². The predicted molar refractivity (Wildman–Crippen MR) is 97.4 cm³/mol. The highest BCUT2D eigenvalue weighted by molar-refractivity contribution is 5.49. The van der Waals surface area contributed by atoms with Gasteiger partial charge in [0.05, 0.1) is 5.56 Å². The molecule has 2 heterocycles. The van der Waals surface area contributed by atoms with Crippen LogP contribution in [0.1, 0.15) is 31.2 Å². The van der Waals surface area contributed by atoms with Gasteiger partial charge in [0.1, 0.15) is 0 Å². The number of halogens is 3. The van der Waals surface area contributed by atoms with Gasteiger partial charge < -0.3 is 9.80 Å². The van der Waals surface area contributed by atoms with Crippen LogP contribution < -0.4 is 4.90 Å². The Labute approximate surface area is 153 Å². The number of piperazine rings is 1. The average molecular weight is 367 g/mol. The zero-order chi connectivity index (χ0) is 18.1. The van der Waals surface area contributed by atoms with Crippen molar-refractivity contribution in [3.63, 3.8) is 0 Å². The van der Waals surface area contributed by atoms with Crippen molar-refractivity contribution in [2.75, 3.05) is 50.7 Å². The summed E-state index contributed by atoms with van der Waals surface area (Å²) in [7, 11) is 0. The third-order valence-electron chi connectivity index (χ3n) is 6.06. The fraction of sp³-hybridized carbons (Fsp3) is 0.700. The first-order chi connectivity index (χ1) is 12.5. The minimum Gasteiger partial charge on any atom is -0.369 e. The van der Waals surface area contributed by atoms with Gasteiger partial charge in [0.15, 0.2) is 0 Å². The summed E-state index contributed by atoms with van der Waals surface area (Å²) in [6.07, 6.45) is 1.05. The van der Waals surface area contributed by atoms with Crippen molar-refractivity contribution in [2.45, 2.75) is 37.9 Å². The van der Waals surface area contributed by atoms with Gasteiger partial charge in [0.2, 0.25) is 0 Å². The molecule has 0 N–H and O–H groups in total. The maximum Gasteiger partial charge on any atom is 0.416 e. The molecule has 2 saturated heterocycles. The number of anilines is 1. The highest BCUT2D eigenvalue weighted by atomic mass is 19.4. The highest BCUT2D eigenvalue weighted by Gasteiger charge is 2.33. The minimum absolute atomic E-state index is 0.555. The number of likely N-dealkylation sites (tertiary alicyclic amines) is 1. The first-order valence-electron chi connectivity index (χ1n) is 9.87. The van der Waals surface area contributed by atoms with E-state index in [1.807, 2.05) is 0 Å². The van der Waals surface area contributed by atoms with Gasteiger partial charge in [-0.1, -0.05) is 6.07 Å². The predicted octanol–water partition coefficient (Wildman–Crippen LogP) is 3.70. The van der Waals surface area contributed by atoms with Crippen molar-refractivity contribution in [2.24, 2.45) is 5.92 Å². The van der Waals surface area contributed by atoms with Crippen molar-refractivity contribution in [3.8, 4) is 0 Å². The lowest BCUT2D eigenvalue weighted by Crippen LogP contribution is -2.55. The average Bonchev–Trinajstić information content (AvgIpc) is 3.45. The van der Waals surface area contributed by atoms with E-state index in [4.69, 9.17) is 0 Å². The largest absolute Gasteiger partial charge is 0.416 e. The molecular weight excluding hydrogens is 339 g/mol. The molecule has 3 fully saturated rings. The number of rotatable bonds is 4. The van der Waals surface area contributed by atoms with Gasteiger partial charge in [-0.05, 0) is 56.3 Å². The van der Waals surface area contributed by atoms with Gasteiger partial charge >= 0.3 is 6.18 Å². The number of hydrogen-bond acceptors (Lipinski definition) is 3. The molecular formula is C20H28F3N3. The summed E-state index contributed by atoms with van der Waals surface area (Å²) in [5, 5.41) is 0. The second-order valence-electron chi connectivity index (χ2n) is 8.07. The Morgan fingerprint density at radius 2 is 1.73 bits per heavy atom. The topological polar surface area (TPSA) is 9.72 Å². The van der Waals surface area contributed by atoms with E-state index in [2.05, 4.69) is 14.7 Å². The first-order valence-corrected chi connectivity index (χ1v) is 9.87. The molecule has 0 aromatic heterocycles. The van der Waals surface area contributed by atoms with Gasteiger partial charge in [0.25, 0.3) is 0 Å². The molecule has 0 bridgehead atoms. The second kappa shape index (κ2) is 7.39. The van der Waals surface area contributed by atoms with Crippen molar-refractivity contribution in [3.05, 3.63) is 29.8 Å². The van der Waals surface area contributed by atoms with Crippen LogP contribution in [-0.4, -0.2) is 61.7 Å². The van der Waals surface area contributed by atoms with Gasteiger partial charge in [-0.2, -0.15) is 13.2 Å². The number of hydrogen-bond donors (Lipinski definition) is 0. The molecule has 1 saturated carbocycles. The zero-order valence-electron chi connectivity index (χ0n) is 15.2. The van der Waals surface area contributed by atoms with E-state index in [-0.39, 0.29) is 0 Å². The lowest BCUT2D eigenvalue weighted by atomic mass is 10.0. The quantitative estimate of drug-likeness (QED) is 0.803. The smallest absolute Gasteiger partial charge is 0.369 e. The van der Waals surface area contributed by atoms with Crippen LogP contribution in [0, 0.1) is 5.92 Å². The maximum absolute atomic E-state index is 12.9. The lowest BCUT2D eigenvalue weighted by molar-refractivity contribution is -0.137. The van der Waals surface area contributed by atoms with Crippen LogP contribution in [0.2, 0.25) is 0 Å². The SMILES string of the molecule is FC(F)(F)c1cccc(N2CCN(C3CCCN(CC4CC4)C3)CC2)c1. The highest BCUT2D eigenvalue weighted by Crippen LogP contribution is 2.33. The number of alkyl halides is 3. The second-order valence-corrected chi connectivity index (χ2v) is 8.07. The van der Waals surface area contributed by atoms with Crippen molar-refractivity contribution in [1.82, 2.24) is 9.80 Å². The van der Waals surface area contributed by atoms with E-state index in [1.165, 1.54) is 57.5 Å². The molecule has 26 heavy (non-hydrogen) atoms. The van der Waals surface area contributed by atoms with Crippen molar-refractivity contribution in [1.29, 1.82) is 0 Å². The molecule has 0 spiro atoms. The molecule has 1 aliphatic carbocycles. The third kappa shape index (κ3) is 4.34. The standard InChI is InChI=1S/C20H28F3N3/c21-20(22,23)17-3-1-4-18(13-17)25-9-11-26(12-10-25)19-5-2-8-24(15-19)14-16-6-7-16/h1,3-4,13,16,19H,2,5-12,14-15H2. The third-order valence-corrected chi connectivity index (χ3v) is 6.06. The molecule has 3 nitrogen and oxygen atoms in total. The summed E-state index contributed by atoms with van der Waals surface area (Å²) in [6, 6.07) is 6.36. The number of nitrogens with zero attached hydrogens (tertiary/aromatic N) is 3. The van der Waals surface area contributed by atoms with Gasteiger partial charge in [-0.25, -0.2) is 0 Å². The molecule has 1 unspecified atom stereocenters. The Bertz CT molecular complexity index is 607. The summed E-state index contributed by atoms with van der Waals surface area (Å²) in [5.41, 5.74) is 0.138. The number of piperidine rings is 1. The van der Waals surface area contributed by atoms with Crippen molar-refractivity contribution < 1.29 is 13.2 Å². The molecule has 1 atom stereocenters. The molecule has 2 aliphatic heterocycles. The van der Waals surface area contributed by atoms with Crippen LogP contribution in [0.3, 0.4) is 0 Å².